The minimum absolute atomic E-state index is 0.521. The number of thiophene rings is 2. The first kappa shape index (κ1) is 11.6. The summed E-state index contributed by atoms with van der Waals surface area (Å²) < 4.78 is 5.12. The molecule has 1 atom stereocenters. The van der Waals surface area contributed by atoms with Crippen molar-refractivity contribution in [1.82, 2.24) is 0 Å². The molecule has 86 valence electrons. The molecular formula is C12H14O2S2. The van der Waals surface area contributed by atoms with Crippen LogP contribution >= 0.6 is 22.7 Å². The van der Waals surface area contributed by atoms with Crippen LogP contribution in [0.2, 0.25) is 0 Å². The van der Waals surface area contributed by atoms with E-state index in [0.717, 1.165) is 21.1 Å². The Hall–Kier alpha value is -0.840. The summed E-state index contributed by atoms with van der Waals surface area (Å²) >= 11 is 3.18. The minimum atomic E-state index is -0.521. The lowest BCUT2D eigenvalue weighted by Gasteiger charge is -2.06. The van der Waals surface area contributed by atoms with E-state index in [4.69, 9.17) is 4.74 Å². The third kappa shape index (κ3) is 2.14. The van der Waals surface area contributed by atoms with Crippen molar-refractivity contribution in [2.75, 3.05) is 7.11 Å². The summed E-state index contributed by atoms with van der Waals surface area (Å²) in [5.41, 5.74) is 1.15. The van der Waals surface area contributed by atoms with Gasteiger partial charge >= 0.3 is 0 Å². The Labute approximate surface area is 103 Å². The average molecular weight is 254 g/mol. The second-order valence-corrected chi connectivity index (χ2v) is 5.93. The van der Waals surface area contributed by atoms with Crippen LogP contribution in [0.25, 0.3) is 0 Å². The van der Waals surface area contributed by atoms with Gasteiger partial charge in [0.2, 0.25) is 0 Å². The third-order valence-electron chi connectivity index (χ3n) is 2.43. The molecule has 4 heteroatoms. The molecule has 0 bridgehead atoms. The van der Waals surface area contributed by atoms with Gasteiger partial charge in [-0.25, -0.2) is 0 Å². The van der Waals surface area contributed by atoms with Crippen LogP contribution in [0, 0.1) is 13.8 Å². The van der Waals surface area contributed by atoms with Gasteiger partial charge in [-0.1, -0.05) is 0 Å². The highest BCUT2D eigenvalue weighted by Gasteiger charge is 2.17. The summed E-state index contributed by atoms with van der Waals surface area (Å²) in [6.45, 7) is 4.09. The number of rotatable bonds is 3. The number of ether oxygens (including phenoxy) is 1. The number of hydrogen-bond acceptors (Lipinski definition) is 4. The van der Waals surface area contributed by atoms with E-state index in [2.05, 4.69) is 13.0 Å². The Balaban J connectivity index is 2.31. The van der Waals surface area contributed by atoms with Crippen LogP contribution in [0.1, 0.15) is 26.3 Å². The van der Waals surface area contributed by atoms with Crippen LogP contribution in [0.4, 0.5) is 0 Å². The highest BCUT2D eigenvalue weighted by Crippen LogP contribution is 2.36. The summed E-state index contributed by atoms with van der Waals surface area (Å²) in [6.07, 6.45) is -0.521. The van der Waals surface area contributed by atoms with E-state index in [1.54, 1.807) is 18.4 Å². The monoisotopic (exact) mass is 254 g/mol. The number of aryl methyl sites for hydroxylation is 2. The van der Waals surface area contributed by atoms with Gasteiger partial charge in [0.1, 0.15) is 11.9 Å². The van der Waals surface area contributed by atoms with Crippen molar-refractivity contribution in [1.29, 1.82) is 0 Å². The Morgan fingerprint density at radius 3 is 2.56 bits per heavy atom. The molecule has 0 fully saturated rings. The molecule has 0 amide bonds. The van der Waals surface area contributed by atoms with Crippen LogP contribution in [0.15, 0.2) is 17.5 Å². The number of hydrogen-bond donors (Lipinski definition) is 1. The highest BCUT2D eigenvalue weighted by atomic mass is 32.1. The van der Waals surface area contributed by atoms with Crippen molar-refractivity contribution in [3.8, 4) is 5.75 Å². The van der Waals surface area contributed by atoms with Crippen molar-refractivity contribution < 1.29 is 9.84 Å². The van der Waals surface area contributed by atoms with Gasteiger partial charge < -0.3 is 9.84 Å². The molecule has 2 nitrogen and oxygen atoms in total. The predicted molar refractivity (Wildman–Crippen MR) is 68.7 cm³/mol. The number of aliphatic hydroxyl groups excluding tert-OH is 1. The molecular weight excluding hydrogens is 240 g/mol. The smallest absolute Gasteiger partial charge is 0.129 e. The summed E-state index contributed by atoms with van der Waals surface area (Å²) in [5.74, 6) is 0.810. The highest BCUT2D eigenvalue weighted by molar-refractivity contribution is 7.13. The second-order valence-electron chi connectivity index (χ2n) is 3.70. The quantitative estimate of drug-likeness (QED) is 0.908. The predicted octanol–water partition coefficient (Wildman–Crippen LogP) is 3.52. The largest absolute Gasteiger partial charge is 0.496 e. The van der Waals surface area contributed by atoms with E-state index in [-0.39, 0.29) is 0 Å². The minimum Gasteiger partial charge on any atom is -0.496 e. The van der Waals surface area contributed by atoms with E-state index >= 15 is 0 Å². The van der Waals surface area contributed by atoms with Gasteiger partial charge in [-0.15, -0.1) is 22.7 Å². The first-order valence-electron chi connectivity index (χ1n) is 4.99. The molecule has 0 aromatic carbocycles. The molecule has 0 spiro atoms. The zero-order valence-electron chi connectivity index (χ0n) is 9.48. The Bertz CT molecular complexity index is 485. The lowest BCUT2D eigenvalue weighted by Crippen LogP contribution is -1.95. The fourth-order valence-corrected chi connectivity index (χ4v) is 3.61. The topological polar surface area (TPSA) is 29.5 Å². The summed E-state index contributed by atoms with van der Waals surface area (Å²) in [4.78, 5) is 3.19. The molecule has 0 aliphatic rings. The van der Waals surface area contributed by atoms with Crippen LogP contribution < -0.4 is 4.74 Å². The summed E-state index contributed by atoms with van der Waals surface area (Å²) in [5, 5.41) is 12.2. The first-order chi connectivity index (χ1) is 7.61. The van der Waals surface area contributed by atoms with Gasteiger partial charge in [0.15, 0.2) is 0 Å². The fourth-order valence-electron chi connectivity index (χ4n) is 1.64. The van der Waals surface area contributed by atoms with Crippen LogP contribution in [0.5, 0.6) is 5.75 Å². The van der Waals surface area contributed by atoms with Gasteiger partial charge in [-0.05, 0) is 31.5 Å². The van der Waals surface area contributed by atoms with Crippen molar-refractivity contribution >= 4 is 22.7 Å². The van der Waals surface area contributed by atoms with Gasteiger partial charge in [0, 0.05) is 20.0 Å². The maximum atomic E-state index is 10.3. The van der Waals surface area contributed by atoms with Crippen molar-refractivity contribution in [3.05, 3.63) is 37.7 Å². The third-order valence-corrected chi connectivity index (χ3v) is 4.60. The Morgan fingerprint density at radius 2 is 2.06 bits per heavy atom. The van der Waals surface area contributed by atoms with E-state index in [0.29, 0.717) is 0 Å². The van der Waals surface area contributed by atoms with Crippen LogP contribution in [-0.2, 0) is 0 Å². The molecule has 2 aromatic heterocycles. The maximum absolute atomic E-state index is 10.3. The Morgan fingerprint density at radius 1 is 1.31 bits per heavy atom. The SMILES string of the molecule is COc1csc(C(O)c2sc(C)cc2C)c1. The van der Waals surface area contributed by atoms with E-state index in [1.165, 1.54) is 16.2 Å². The normalized spacial score (nSPS) is 12.8. The molecule has 2 heterocycles. The van der Waals surface area contributed by atoms with E-state index in [1.807, 2.05) is 18.4 Å². The van der Waals surface area contributed by atoms with Gasteiger partial charge in [0.05, 0.1) is 7.11 Å². The lowest BCUT2D eigenvalue weighted by atomic mass is 10.1. The summed E-state index contributed by atoms with van der Waals surface area (Å²) in [6, 6.07) is 4.00. The standard InChI is InChI=1S/C12H14O2S2/c1-7-4-8(2)16-12(7)11(13)10-5-9(14-3)6-15-10/h4-6,11,13H,1-3H3. The van der Waals surface area contributed by atoms with Crippen molar-refractivity contribution in [2.24, 2.45) is 0 Å². The number of aliphatic hydroxyl groups is 1. The van der Waals surface area contributed by atoms with Gasteiger partial charge in [-0.3, -0.25) is 0 Å². The molecule has 0 radical (unpaired) electrons. The molecule has 0 saturated heterocycles. The van der Waals surface area contributed by atoms with Gasteiger partial charge in [0.25, 0.3) is 0 Å². The molecule has 1 N–H and O–H groups in total. The second kappa shape index (κ2) is 4.57. The van der Waals surface area contributed by atoms with E-state index in [9.17, 15) is 5.11 Å². The molecule has 2 aromatic rings. The zero-order valence-corrected chi connectivity index (χ0v) is 11.1. The molecule has 16 heavy (non-hydrogen) atoms. The van der Waals surface area contributed by atoms with Crippen LogP contribution in [0.3, 0.4) is 0 Å². The molecule has 2 rings (SSSR count). The van der Waals surface area contributed by atoms with Gasteiger partial charge in [-0.2, -0.15) is 0 Å². The van der Waals surface area contributed by atoms with Crippen LogP contribution in [-0.4, -0.2) is 12.2 Å². The first-order valence-corrected chi connectivity index (χ1v) is 6.69. The van der Waals surface area contributed by atoms with E-state index < -0.39 is 6.10 Å². The lowest BCUT2D eigenvalue weighted by molar-refractivity contribution is 0.227. The molecule has 0 aliphatic heterocycles. The van der Waals surface area contributed by atoms with Crippen molar-refractivity contribution in [2.45, 2.75) is 20.0 Å². The molecule has 1 unspecified atom stereocenters. The maximum Gasteiger partial charge on any atom is 0.129 e. The average Bonchev–Trinajstić information content (AvgIpc) is 2.84. The van der Waals surface area contributed by atoms with Crippen molar-refractivity contribution in [3.63, 3.8) is 0 Å². The fraction of sp³-hybridized carbons (Fsp3) is 0.333. The zero-order chi connectivity index (χ0) is 11.7. The summed E-state index contributed by atoms with van der Waals surface area (Å²) in [7, 11) is 1.64. The molecule has 0 saturated carbocycles. The molecule has 0 aliphatic carbocycles. The number of methoxy groups -OCH3 is 1. The Kier molecular flexibility index (Phi) is 3.33.